The van der Waals surface area contributed by atoms with Crippen molar-refractivity contribution < 1.29 is 4.74 Å². The van der Waals surface area contributed by atoms with Crippen molar-refractivity contribution in [2.24, 2.45) is 0 Å². The minimum Gasteiger partial charge on any atom is -0.497 e. The molecule has 3 aromatic rings. The van der Waals surface area contributed by atoms with E-state index in [4.69, 9.17) is 4.74 Å². The van der Waals surface area contributed by atoms with Crippen molar-refractivity contribution in [2.45, 2.75) is 6.42 Å². The minimum atomic E-state index is 0.657. The fraction of sp³-hybridized carbons (Fsp3) is 0.200. The van der Waals surface area contributed by atoms with Crippen LogP contribution in [0.5, 0.6) is 5.75 Å². The highest BCUT2D eigenvalue weighted by molar-refractivity contribution is 5.84. The quantitative estimate of drug-likeness (QED) is 0.746. The molecule has 0 saturated heterocycles. The summed E-state index contributed by atoms with van der Waals surface area (Å²) in [4.78, 5) is 11.5. The Kier molecular flexibility index (Phi) is 3.50. The zero-order valence-electron chi connectivity index (χ0n) is 11.3. The van der Waals surface area contributed by atoms with E-state index in [1.54, 1.807) is 25.6 Å². The summed E-state index contributed by atoms with van der Waals surface area (Å²) in [5.74, 6) is 1.53. The monoisotopic (exact) mass is 268 g/mol. The maximum absolute atomic E-state index is 5.27. The number of ether oxygens (including phenoxy) is 1. The Morgan fingerprint density at radius 2 is 2.10 bits per heavy atom. The number of nitrogens with one attached hydrogen (secondary N) is 2. The number of anilines is 1. The number of aromatic nitrogens is 3. The molecule has 0 aliphatic heterocycles. The molecule has 20 heavy (non-hydrogen) atoms. The van der Waals surface area contributed by atoms with Crippen LogP contribution in [0.1, 0.15) is 5.56 Å². The van der Waals surface area contributed by atoms with Crippen LogP contribution < -0.4 is 10.1 Å². The summed E-state index contributed by atoms with van der Waals surface area (Å²) < 4.78 is 5.27. The van der Waals surface area contributed by atoms with E-state index in [1.807, 2.05) is 18.3 Å². The van der Waals surface area contributed by atoms with E-state index in [0.29, 0.717) is 5.95 Å². The topological polar surface area (TPSA) is 62.8 Å². The van der Waals surface area contributed by atoms with Crippen LogP contribution in [0.3, 0.4) is 0 Å². The lowest BCUT2D eigenvalue weighted by atomic mass is 10.1. The van der Waals surface area contributed by atoms with Crippen molar-refractivity contribution in [3.8, 4) is 5.75 Å². The molecule has 5 heteroatoms. The smallest absolute Gasteiger partial charge is 0.222 e. The third-order valence-corrected chi connectivity index (χ3v) is 3.22. The summed E-state index contributed by atoms with van der Waals surface area (Å²) in [6.07, 6.45) is 6.39. The standard InChI is InChI=1S/C15H16N4O/c1-20-12-3-4-14-13(9-12)11(10-19-14)5-8-18-15-16-6-2-7-17-15/h2-4,6-7,9-10,19H,5,8H2,1H3,(H,16,17,18). The molecule has 1 aromatic carbocycles. The van der Waals surface area contributed by atoms with Crippen LogP contribution in [-0.2, 0) is 6.42 Å². The number of aromatic amines is 1. The molecular weight excluding hydrogens is 252 g/mol. The molecule has 0 aliphatic carbocycles. The normalized spacial score (nSPS) is 10.7. The Balaban J connectivity index is 1.71. The van der Waals surface area contributed by atoms with Crippen LogP contribution in [0.25, 0.3) is 10.9 Å². The average molecular weight is 268 g/mol. The fourth-order valence-electron chi connectivity index (χ4n) is 2.19. The molecular formula is C15H16N4O. The number of hydrogen-bond donors (Lipinski definition) is 2. The third-order valence-electron chi connectivity index (χ3n) is 3.22. The predicted molar refractivity (Wildman–Crippen MR) is 79.1 cm³/mol. The van der Waals surface area contributed by atoms with Gasteiger partial charge in [0.05, 0.1) is 7.11 Å². The van der Waals surface area contributed by atoms with Crippen molar-refractivity contribution in [1.29, 1.82) is 0 Å². The molecule has 2 aromatic heterocycles. The van der Waals surface area contributed by atoms with Crippen LogP contribution in [0.4, 0.5) is 5.95 Å². The van der Waals surface area contributed by atoms with Gasteiger partial charge in [0, 0.05) is 36.0 Å². The van der Waals surface area contributed by atoms with Crippen LogP contribution in [0.2, 0.25) is 0 Å². The molecule has 102 valence electrons. The van der Waals surface area contributed by atoms with E-state index in [0.717, 1.165) is 24.2 Å². The van der Waals surface area contributed by atoms with Crippen LogP contribution in [0, 0.1) is 0 Å². The highest BCUT2D eigenvalue weighted by atomic mass is 16.5. The first-order valence-corrected chi connectivity index (χ1v) is 6.52. The summed E-state index contributed by atoms with van der Waals surface area (Å²) >= 11 is 0. The number of H-pyrrole nitrogens is 1. The second-order valence-electron chi connectivity index (χ2n) is 4.47. The van der Waals surface area contributed by atoms with E-state index < -0.39 is 0 Å². The Morgan fingerprint density at radius 3 is 2.90 bits per heavy atom. The van der Waals surface area contributed by atoms with Gasteiger partial charge in [-0.2, -0.15) is 0 Å². The summed E-state index contributed by atoms with van der Waals surface area (Å²) in [5.41, 5.74) is 2.37. The molecule has 0 saturated carbocycles. The molecule has 0 atom stereocenters. The van der Waals surface area contributed by atoms with Gasteiger partial charge in [0.25, 0.3) is 0 Å². The van der Waals surface area contributed by atoms with Crippen molar-refractivity contribution in [3.63, 3.8) is 0 Å². The lowest BCUT2D eigenvalue weighted by molar-refractivity contribution is 0.415. The van der Waals surface area contributed by atoms with E-state index >= 15 is 0 Å². The lowest BCUT2D eigenvalue weighted by Gasteiger charge is -2.04. The summed E-state index contributed by atoms with van der Waals surface area (Å²) in [6, 6.07) is 7.85. The van der Waals surface area contributed by atoms with Crippen LogP contribution in [-0.4, -0.2) is 28.6 Å². The molecule has 0 fully saturated rings. The van der Waals surface area contributed by atoms with Gasteiger partial charge < -0.3 is 15.0 Å². The maximum atomic E-state index is 5.27. The molecule has 2 heterocycles. The Morgan fingerprint density at radius 1 is 1.25 bits per heavy atom. The second kappa shape index (κ2) is 5.61. The highest BCUT2D eigenvalue weighted by Gasteiger charge is 2.05. The van der Waals surface area contributed by atoms with Gasteiger partial charge in [-0.25, -0.2) is 9.97 Å². The molecule has 0 amide bonds. The molecule has 3 rings (SSSR count). The largest absolute Gasteiger partial charge is 0.497 e. The predicted octanol–water partition coefficient (Wildman–Crippen LogP) is 2.62. The van der Waals surface area contributed by atoms with Crippen LogP contribution >= 0.6 is 0 Å². The second-order valence-corrected chi connectivity index (χ2v) is 4.47. The lowest BCUT2D eigenvalue weighted by Crippen LogP contribution is -2.07. The van der Waals surface area contributed by atoms with E-state index in [2.05, 4.69) is 26.3 Å². The van der Waals surface area contributed by atoms with Crippen molar-refractivity contribution in [3.05, 3.63) is 48.4 Å². The molecule has 0 spiro atoms. The number of methoxy groups -OCH3 is 1. The Hall–Kier alpha value is -2.56. The van der Waals surface area contributed by atoms with Gasteiger partial charge in [-0.05, 0) is 36.2 Å². The molecule has 2 N–H and O–H groups in total. The third kappa shape index (κ3) is 2.56. The first kappa shape index (κ1) is 12.5. The molecule has 0 aliphatic rings. The van der Waals surface area contributed by atoms with Gasteiger partial charge in [-0.15, -0.1) is 0 Å². The Labute approximate surface area is 117 Å². The van der Waals surface area contributed by atoms with Gasteiger partial charge >= 0.3 is 0 Å². The van der Waals surface area contributed by atoms with E-state index in [1.165, 1.54) is 10.9 Å². The zero-order chi connectivity index (χ0) is 13.8. The van der Waals surface area contributed by atoms with E-state index in [-0.39, 0.29) is 0 Å². The molecule has 5 nitrogen and oxygen atoms in total. The van der Waals surface area contributed by atoms with E-state index in [9.17, 15) is 0 Å². The van der Waals surface area contributed by atoms with Crippen molar-refractivity contribution in [2.75, 3.05) is 19.0 Å². The van der Waals surface area contributed by atoms with Crippen molar-refractivity contribution in [1.82, 2.24) is 15.0 Å². The zero-order valence-corrected chi connectivity index (χ0v) is 11.3. The van der Waals surface area contributed by atoms with Gasteiger partial charge in [-0.3, -0.25) is 0 Å². The maximum Gasteiger partial charge on any atom is 0.222 e. The number of fused-ring (bicyclic) bond motifs is 1. The molecule has 0 bridgehead atoms. The number of hydrogen-bond acceptors (Lipinski definition) is 4. The molecule has 0 radical (unpaired) electrons. The van der Waals surface area contributed by atoms with Gasteiger partial charge in [0.15, 0.2) is 0 Å². The number of benzene rings is 1. The summed E-state index contributed by atoms with van der Waals surface area (Å²) in [5, 5.41) is 4.40. The van der Waals surface area contributed by atoms with Gasteiger partial charge in [0.2, 0.25) is 5.95 Å². The SMILES string of the molecule is COc1ccc2[nH]cc(CCNc3ncccn3)c2c1. The van der Waals surface area contributed by atoms with Crippen LogP contribution in [0.15, 0.2) is 42.9 Å². The Bertz CT molecular complexity index is 693. The molecule has 0 unspecified atom stereocenters. The number of rotatable bonds is 5. The number of nitrogens with zero attached hydrogens (tertiary/aromatic N) is 2. The summed E-state index contributed by atoms with van der Waals surface area (Å²) in [6.45, 7) is 0.786. The van der Waals surface area contributed by atoms with Gasteiger partial charge in [0.1, 0.15) is 5.75 Å². The average Bonchev–Trinajstić information content (AvgIpc) is 2.91. The minimum absolute atomic E-state index is 0.657. The fourth-order valence-corrected chi connectivity index (χ4v) is 2.19. The highest BCUT2D eigenvalue weighted by Crippen LogP contribution is 2.23. The first-order valence-electron chi connectivity index (χ1n) is 6.52. The van der Waals surface area contributed by atoms with Crippen molar-refractivity contribution >= 4 is 16.9 Å². The summed E-state index contributed by atoms with van der Waals surface area (Å²) in [7, 11) is 1.68. The first-order chi connectivity index (χ1) is 9.86. The van der Waals surface area contributed by atoms with Gasteiger partial charge in [-0.1, -0.05) is 0 Å².